The van der Waals surface area contributed by atoms with Crippen LogP contribution in [0.25, 0.3) is 16.3 Å². The third-order valence-corrected chi connectivity index (χ3v) is 8.94. The van der Waals surface area contributed by atoms with E-state index in [0.717, 1.165) is 6.42 Å². The normalized spacial score (nSPS) is 13.3. The van der Waals surface area contributed by atoms with Crippen molar-refractivity contribution in [2.45, 2.75) is 44.8 Å². The van der Waals surface area contributed by atoms with E-state index < -0.39 is 18.3 Å². The number of allylic oxidation sites excluding steroid dienone is 4. The van der Waals surface area contributed by atoms with E-state index in [0.29, 0.717) is 0 Å². The van der Waals surface area contributed by atoms with E-state index in [1.807, 2.05) is 7.11 Å². The van der Waals surface area contributed by atoms with E-state index in [-0.39, 0.29) is 24.8 Å². The Labute approximate surface area is 177 Å². The van der Waals surface area contributed by atoms with E-state index in [9.17, 15) is 0 Å². The molecule has 3 rings (SSSR count). The number of halogens is 2. The molecule has 0 fully saturated rings. The molecule has 0 saturated carbocycles. The molecule has 0 spiro atoms. The fourth-order valence-electron chi connectivity index (χ4n) is 3.60. The quantitative estimate of drug-likeness (QED) is 0.591. The second kappa shape index (κ2) is 10.7. The largest absolute Gasteiger partial charge is 1.00 e. The SMILES string of the molecule is CCC[CH2][Ti+2]([O]C)[c]1c(C2=C(C)C(C)=CC2)ccc2ccccc12.[Cl-].[Cl-]. The zero-order valence-electron chi connectivity index (χ0n) is 16.0. The summed E-state index contributed by atoms with van der Waals surface area (Å²) in [5.74, 6) is 0. The van der Waals surface area contributed by atoms with E-state index in [4.69, 9.17) is 3.32 Å². The first-order valence-corrected chi connectivity index (χ1v) is 11.5. The Morgan fingerprint density at radius 1 is 1.04 bits per heavy atom. The van der Waals surface area contributed by atoms with Crippen LogP contribution in [0.1, 0.15) is 45.6 Å². The van der Waals surface area contributed by atoms with E-state index in [1.165, 1.54) is 50.6 Å². The van der Waals surface area contributed by atoms with Gasteiger partial charge in [0.15, 0.2) is 0 Å². The van der Waals surface area contributed by atoms with Crippen molar-refractivity contribution in [3.8, 4) is 0 Å². The molecule has 1 aliphatic carbocycles. The molecule has 4 heteroatoms. The van der Waals surface area contributed by atoms with Gasteiger partial charge in [0.1, 0.15) is 0 Å². The molecule has 139 valence electrons. The number of benzene rings is 2. The minimum atomic E-state index is -1.76. The number of hydrogen-bond donors (Lipinski definition) is 0. The Balaban J connectivity index is 0.00000169. The van der Waals surface area contributed by atoms with E-state index in [2.05, 4.69) is 63.2 Å². The van der Waals surface area contributed by atoms with Crippen LogP contribution < -0.4 is 28.7 Å². The van der Waals surface area contributed by atoms with E-state index in [1.54, 1.807) is 3.87 Å². The summed E-state index contributed by atoms with van der Waals surface area (Å²) in [6, 6.07) is 13.5. The molecule has 1 aliphatic rings. The summed E-state index contributed by atoms with van der Waals surface area (Å²) in [6.07, 6.45) is 5.93. The summed E-state index contributed by atoms with van der Waals surface area (Å²) >= 11 is -1.76. The van der Waals surface area contributed by atoms with Gasteiger partial charge in [-0.1, -0.05) is 0 Å². The topological polar surface area (TPSA) is 9.23 Å². The van der Waals surface area contributed by atoms with E-state index >= 15 is 0 Å². The molecule has 0 radical (unpaired) electrons. The summed E-state index contributed by atoms with van der Waals surface area (Å²) in [6.45, 7) is 6.77. The molecule has 26 heavy (non-hydrogen) atoms. The van der Waals surface area contributed by atoms with Crippen molar-refractivity contribution >= 4 is 20.2 Å². The molecule has 0 aliphatic heterocycles. The summed E-state index contributed by atoms with van der Waals surface area (Å²) in [5, 5.41) is 2.75. The third kappa shape index (κ3) is 4.64. The van der Waals surface area contributed by atoms with Crippen molar-refractivity contribution in [1.82, 2.24) is 0 Å². The summed E-state index contributed by atoms with van der Waals surface area (Å²) in [5.41, 5.74) is 5.84. The fourth-order valence-corrected chi connectivity index (χ4v) is 7.34. The fraction of sp³-hybridized carbons (Fsp3) is 0.364. The number of hydrogen-bond acceptors (Lipinski definition) is 1. The molecule has 0 bridgehead atoms. The average Bonchev–Trinajstić information content (AvgIpc) is 2.94. The smallest absolute Gasteiger partial charge is 1.00 e. The van der Waals surface area contributed by atoms with Gasteiger partial charge in [0.25, 0.3) is 0 Å². The van der Waals surface area contributed by atoms with Gasteiger partial charge in [0, 0.05) is 0 Å². The third-order valence-electron chi connectivity index (χ3n) is 5.19. The molecule has 2 aromatic carbocycles. The van der Waals surface area contributed by atoms with Crippen LogP contribution in [0.5, 0.6) is 0 Å². The molecule has 0 heterocycles. The van der Waals surface area contributed by atoms with Crippen LogP contribution >= 0.6 is 0 Å². The van der Waals surface area contributed by atoms with Crippen LogP contribution in [0, 0.1) is 0 Å². The van der Waals surface area contributed by atoms with Gasteiger partial charge in [-0.2, -0.15) is 0 Å². The zero-order valence-corrected chi connectivity index (χ0v) is 19.1. The maximum Gasteiger partial charge on any atom is -1.00 e. The Morgan fingerprint density at radius 2 is 1.77 bits per heavy atom. The van der Waals surface area contributed by atoms with Gasteiger partial charge in [-0.05, 0) is 0 Å². The van der Waals surface area contributed by atoms with Crippen LogP contribution in [0.4, 0.5) is 0 Å². The number of rotatable bonds is 6. The molecule has 0 unspecified atom stereocenters. The first-order valence-electron chi connectivity index (χ1n) is 8.96. The first-order chi connectivity index (χ1) is 11.7. The predicted octanol–water partition coefficient (Wildman–Crippen LogP) is -0.00540. The summed E-state index contributed by atoms with van der Waals surface area (Å²) < 4.78 is 8.92. The Hall–Kier alpha value is -0.566. The van der Waals surface area contributed by atoms with Crippen LogP contribution in [0.15, 0.2) is 53.6 Å². The molecule has 1 nitrogen and oxygen atoms in total. The Morgan fingerprint density at radius 3 is 2.38 bits per heavy atom. The van der Waals surface area contributed by atoms with Gasteiger partial charge < -0.3 is 24.8 Å². The van der Waals surface area contributed by atoms with Gasteiger partial charge in [-0.15, -0.1) is 0 Å². The number of fused-ring (bicyclic) bond motifs is 1. The van der Waals surface area contributed by atoms with Crippen molar-refractivity contribution < 1.29 is 46.4 Å². The van der Waals surface area contributed by atoms with Crippen LogP contribution in [-0.2, 0) is 21.6 Å². The van der Waals surface area contributed by atoms with Gasteiger partial charge in [0.05, 0.1) is 0 Å². The summed E-state index contributed by atoms with van der Waals surface area (Å²) in [7, 11) is 1.93. The maximum absolute atomic E-state index is 6.14. The molecule has 2 aromatic rings. The van der Waals surface area contributed by atoms with Gasteiger partial charge in [-0.3, -0.25) is 0 Å². The van der Waals surface area contributed by atoms with Crippen molar-refractivity contribution in [2.75, 3.05) is 7.11 Å². The minimum Gasteiger partial charge on any atom is -1.00 e. The van der Waals surface area contributed by atoms with Crippen molar-refractivity contribution in [1.29, 1.82) is 0 Å². The monoisotopic (exact) mass is 425 g/mol. The van der Waals surface area contributed by atoms with Crippen molar-refractivity contribution in [3.63, 3.8) is 0 Å². The van der Waals surface area contributed by atoms with Gasteiger partial charge in [-0.25, -0.2) is 0 Å². The molecular formula is C22H27Cl2OTi. The van der Waals surface area contributed by atoms with Crippen LogP contribution in [-0.4, -0.2) is 7.11 Å². The van der Waals surface area contributed by atoms with Gasteiger partial charge in [0.2, 0.25) is 0 Å². The standard InChI is InChI=1S/C17H15.C4H9.CH3O.2ClH.Ti/c1-12-7-10-17(13(12)2)16-9-8-14-5-3-4-6-15(14)11-16;1-3-4-2;1-2;;;/h3-9H,10H2,1-2H3;1,3-4H2,2H3;1H3;2*1H;/q;;-1;;;+3/p-2. The Kier molecular flexibility index (Phi) is 9.65. The molecule has 0 N–H and O–H groups in total. The van der Waals surface area contributed by atoms with Crippen molar-refractivity contribution in [2.24, 2.45) is 0 Å². The molecule has 0 atom stereocenters. The molecule has 0 amide bonds. The van der Waals surface area contributed by atoms with Gasteiger partial charge >= 0.3 is 153 Å². The Bertz CT molecular complexity index is 811. The number of unbranched alkanes of at least 4 members (excludes halogenated alkanes) is 1. The van der Waals surface area contributed by atoms with Crippen molar-refractivity contribution in [3.05, 3.63) is 59.2 Å². The average molecular weight is 426 g/mol. The second-order valence-electron chi connectivity index (χ2n) is 6.63. The van der Waals surface area contributed by atoms with Crippen LogP contribution in [0.2, 0.25) is 4.73 Å². The second-order valence-corrected chi connectivity index (χ2v) is 10.2. The predicted molar refractivity (Wildman–Crippen MR) is 101 cm³/mol. The maximum atomic E-state index is 6.14. The van der Waals surface area contributed by atoms with Crippen LogP contribution in [0.3, 0.4) is 0 Å². The first kappa shape index (κ1) is 23.5. The molecule has 0 aromatic heterocycles. The molecular weight excluding hydrogens is 399 g/mol. The minimum absolute atomic E-state index is 0. The zero-order chi connectivity index (χ0) is 17.1. The summed E-state index contributed by atoms with van der Waals surface area (Å²) in [4.78, 5) is 0. The molecule has 0 saturated heterocycles.